The topological polar surface area (TPSA) is 34.1 Å². The van der Waals surface area contributed by atoms with E-state index in [1.165, 1.54) is 51.4 Å². The van der Waals surface area contributed by atoms with Gasteiger partial charge in [0.05, 0.1) is 0 Å². The number of hydrogen-bond acceptors (Lipinski definition) is 2. The summed E-state index contributed by atoms with van der Waals surface area (Å²) in [5.74, 6) is 4.10. The molecule has 1 unspecified atom stereocenters. The van der Waals surface area contributed by atoms with E-state index in [0.717, 1.165) is 30.1 Å². The maximum absolute atomic E-state index is 12.9. The third kappa shape index (κ3) is 3.31. The van der Waals surface area contributed by atoms with Gasteiger partial charge in [0.2, 0.25) is 5.78 Å². The van der Waals surface area contributed by atoms with Gasteiger partial charge in [-0.3, -0.25) is 9.59 Å². The highest BCUT2D eigenvalue weighted by Gasteiger charge is 2.69. The minimum Gasteiger partial charge on any atom is -0.291 e. The molecule has 32 heavy (non-hydrogen) atoms. The second-order valence-corrected chi connectivity index (χ2v) is 14.3. The molecule has 2 heteroatoms. The fraction of sp³-hybridized carbons (Fsp3) is 0.933. The molecule has 8 atom stereocenters. The Labute approximate surface area is 198 Å². The van der Waals surface area contributed by atoms with E-state index >= 15 is 0 Å². The third-order valence-electron chi connectivity index (χ3n) is 12.1. The highest BCUT2D eigenvalue weighted by atomic mass is 16.2. The van der Waals surface area contributed by atoms with E-state index in [0.29, 0.717) is 29.1 Å². The summed E-state index contributed by atoms with van der Waals surface area (Å²) in [6.07, 6.45) is 12.3. The molecule has 0 aromatic rings. The van der Waals surface area contributed by atoms with Gasteiger partial charge in [-0.1, -0.05) is 74.7 Å². The number of ketones is 2. The van der Waals surface area contributed by atoms with Crippen LogP contribution in [0.4, 0.5) is 0 Å². The van der Waals surface area contributed by atoms with Crippen molar-refractivity contribution in [1.82, 2.24) is 0 Å². The molecule has 0 heterocycles. The normalized spacial score (nSPS) is 46.5. The summed E-state index contributed by atoms with van der Waals surface area (Å²) in [4.78, 5) is 25.7. The smallest absolute Gasteiger partial charge is 0.204 e. The molecule has 4 aliphatic rings. The Hall–Kier alpha value is -0.660. The number of carbonyl (C=O) groups is 2. The summed E-state index contributed by atoms with van der Waals surface area (Å²) >= 11 is 0. The Balaban J connectivity index is 1.60. The molecular weight excluding hydrogens is 392 g/mol. The molecule has 2 nitrogen and oxygen atoms in total. The Bertz CT molecular complexity index is 765. The van der Waals surface area contributed by atoms with Crippen molar-refractivity contribution in [3.05, 3.63) is 0 Å². The number of carbonyl (C=O) groups excluding carboxylic acids is 2. The Morgan fingerprint density at radius 3 is 2.12 bits per heavy atom. The number of rotatable bonds is 5. The Morgan fingerprint density at radius 1 is 0.812 bits per heavy atom. The van der Waals surface area contributed by atoms with E-state index in [1.807, 2.05) is 0 Å². The lowest BCUT2D eigenvalue weighted by Gasteiger charge is -2.68. The molecule has 4 rings (SSSR count). The van der Waals surface area contributed by atoms with Crippen molar-refractivity contribution in [3.63, 3.8) is 0 Å². The quantitative estimate of drug-likeness (QED) is 0.406. The molecule has 0 bridgehead atoms. The van der Waals surface area contributed by atoms with Gasteiger partial charge < -0.3 is 0 Å². The second kappa shape index (κ2) is 7.94. The van der Waals surface area contributed by atoms with Crippen LogP contribution >= 0.6 is 0 Å². The van der Waals surface area contributed by atoms with Crippen LogP contribution < -0.4 is 0 Å². The molecule has 0 aromatic carbocycles. The molecule has 182 valence electrons. The molecule has 0 aromatic heterocycles. The van der Waals surface area contributed by atoms with Crippen molar-refractivity contribution in [1.29, 1.82) is 0 Å². The number of Topliss-reactive ketones (excluding diaryl/α,β-unsaturated/α-hetero) is 2. The zero-order chi connectivity index (χ0) is 23.7. The SMILES string of the molecule is CC(C)CCC[C@@H](C)[C@H]1CC[C@@]2(C)[C@H]1CC[C@@H]1[C@@]3(C)CC(=O)C(=O)C(C)(C)C3CC[C@]12C. The summed E-state index contributed by atoms with van der Waals surface area (Å²) in [6, 6.07) is 0. The molecule has 4 saturated carbocycles. The Morgan fingerprint density at radius 2 is 1.47 bits per heavy atom. The van der Waals surface area contributed by atoms with Crippen LogP contribution in [0.15, 0.2) is 0 Å². The van der Waals surface area contributed by atoms with Crippen LogP contribution in [-0.2, 0) is 9.59 Å². The minimum absolute atomic E-state index is 0.0174. The van der Waals surface area contributed by atoms with Gasteiger partial charge in [0.15, 0.2) is 5.78 Å². The predicted molar refractivity (Wildman–Crippen MR) is 132 cm³/mol. The maximum atomic E-state index is 12.9. The van der Waals surface area contributed by atoms with Crippen LogP contribution in [0.5, 0.6) is 0 Å². The van der Waals surface area contributed by atoms with Crippen LogP contribution in [-0.4, -0.2) is 11.6 Å². The molecule has 0 N–H and O–H groups in total. The zero-order valence-corrected chi connectivity index (χ0v) is 22.4. The molecule has 0 spiro atoms. The fourth-order valence-electron chi connectivity index (χ4n) is 10.3. The van der Waals surface area contributed by atoms with Crippen LogP contribution in [0, 0.1) is 57.2 Å². The summed E-state index contributed by atoms with van der Waals surface area (Å²) in [6.45, 7) is 19.0. The first-order valence-electron chi connectivity index (χ1n) is 13.9. The molecular formula is C30H50O2. The van der Waals surface area contributed by atoms with E-state index in [4.69, 9.17) is 0 Å². The van der Waals surface area contributed by atoms with Crippen molar-refractivity contribution in [2.45, 2.75) is 120 Å². The van der Waals surface area contributed by atoms with Gasteiger partial charge in [-0.25, -0.2) is 0 Å². The first-order chi connectivity index (χ1) is 14.8. The molecule has 0 radical (unpaired) electrons. The van der Waals surface area contributed by atoms with E-state index in [9.17, 15) is 9.59 Å². The first kappa shape index (κ1) is 24.5. The molecule has 4 fully saturated rings. The van der Waals surface area contributed by atoms with Crippen molar-refractivity contribution in [2.75, 3.05) is 0 Å². The van der Waals surface area contributed by atoms with Crippen LogP contribution in [0.2, 0.25) is 0 Å². The molecule has 0 aliphatic heterocycles. The van der Waals surface area contributed by atoms with Crippen LogP contribution in [0.25, 0.3) is 0 Å². The van der Waals surface area contributed by atoms with Gasteiger partial charge in [-0.15, -0.1) is 0 Å². The second-order valence-electron chi connectivity index (χ2n) is 14.3. The predicted octanol–water partition coefficient (Wildman–Crippen LogP) is 7.88. The van der Waals surface area contributed by atoms with Crippen molar-refractivity contribution in [2.24, 2.45) is 57.2 Å². The summed E-state index contributed by atoms with van der Waals surface area (Å²) in [7, 11) is 0. The maximum Gasteiger partial charge on any atom is 0.204 e. The average Bonchev–Trinajstić information content (AvgIpc) is 3.04. The molecule has 0 saturated heterocycles. The van der Waals surface area contributed by atoms with Crippen LogP contribution in [0.1, 0.15) is 120 Å². The molecule has 4 aliphatic carbocycles. The fourth-order valence-corrected chi connectivity index (χ4v) is 10.3. The number of hydrogen-bond donors (Lipinski definition) is 0. The standard InChI is InChI=1S/C30H50O2/c1-19(2)10-9-11-20(3)21-14-16-29(7)22(21)12-13-25-28(6)18-23(31)26(32)27(4,5)24(28)15-17-30(25,29)8/h19-22,24-25H,9-18H2,1-8H3/t20-,21-,22+,24?,25-,28+,29+,30-/m1/s1. The minimum atomic E-state index is -0.494. The van der Waals surface area contributed by atoms with E-state index in [2.05, 4.69) is 55.4 Å². The lowest BCUT2D eigenvalue weighted by atomic mass is 9.35. The largest absolute Gasteiger partial charge is 0.291 e. The van der Waals surface area contributed by atoms with Gasteiger partial charge in [-0.2, -0.15) is 0 Å². The highest BCUT2D eigenvalue weighted by molar-refractivity contribution is 6.39. The third-order valence-corrected chi connectivity index (χ3v) is 12.1. The highest BCUT2D eigenvalue weighted by Crippen LogP contribution is 2.75. The van der Waals surface area contributed by atoms with E-state index < -0.39 is 5.41 Å². The van der Waals surface area contributed by atoms with Gasteiger partial charge in [0.25, 0.3) is 0 Å². The average molecular weight is 443 g/mol. The van der Waals surface area contributed by atoms with E-state index in [1.54, 1.807) is 0 Å². The van der Waals surface area contributed by atoms with Crippen LogP contribution in [0.3, 0.4) is 0 Å². The summed E-state index contributed by atoms with van der Waals surface area (Å²) in [5, 5.41) is 0. The van der Waals surface area contributed by atoms with E-state index in [-0.39, 0.29) is 17.0 Å². The van der Waals surface area contributed by atoms with Crippen molar-refractivity contribution >= 4 is 11.6 Å². The lowest BCUT2D eigenvalue weighted by Crippen LogP contribution is -2.64. The lowest BCUT2D eigenvalue weighted by molar-refractivity contribution is -0.203. The Kier molecular flexibility index (Phi) is 6.07. The van der Waals surface area contributed by atoms with Gasteiger partial charge in [-0.05, 0) is 90.3 Å². The molecule has 0 amide bonds. The monoisotopic (exact) mass is 442 g/mol. The van der Waals surface area contributed by atoms with Crippen molar-refractivity contribution in [3.8, 4) is 0 Å². The first-order valence-corrected chi connectivity index (χ1v) is 13.9. The summed E-state index contributed by atoms with van der Waals surface area (Å²) < 4.78 is 0. The summed E-state index contributed by atoms with van der Waals surface area (Å²) in [5.41, 5.74) is 0.169. The van der Waals surface area contributed by atoms with Gasteiger partial charge in [0, 0.05) is 11.8 Å². The zero-order valence-electron chi connectivity index (χ0n) is 22.4. The number of fused-ring (bicyclic) bond motifs is 5. The van der Waals surface area contributed by atoms with Gasteiger partial charge >= 0.3 is 0 Å². The van der Waals surface area contributed by atoms with Crippen molar-refractivity contribution < 1.29 is 9.59 Å². The van der Waals surface area contributed by atoms with Gasteiger partial charge in [0.1, 0.15) is 0 Å².